The lowest BCUT2D eigenvalue weighted by Crippen LogP contribution is -2.45. The van der Waals surface area contributed by atoms with E-state index in [1.807, 2.05) is 6.92 Å². The molecule has 1 aromatic heterocycles. The molecular formula is C12H18F3N3O3S. The summed E-state index contributed by atoms with van der Waals surface area (Å²) in [6.07, 6.45) is -4.50. The summed E-state index contributed by atoms with van der Waals surface area (Å²) in [5, 5.41) is 13.1. The van der Waals surface area contributed by atoms with Crippen molar-refractivity contribution in [3.8, 4) is 0 Å². The van der Waals surface area contributed by atoms with Crippen LogP contribution in [0.3, 0.4) is 0 Å². The van der Waals surface area contributed by atoms with Gasteiger partial charge in [0.25, 0.3) is 0 Å². The second-order valence-corrected chi connectivity index (χ2v) is 7.20. The maximum atomic E-state index is 12.5. The number of rotatable bonds is 4. The lowest BCUT2D eigenvalue weighted by atomic mass is 9.92. The third kappa shape index (κ3) is 3.44. The zero-order chi connectivity index (χ0) is 16.5. The van der Waals surface area contributed by atoms with Crippen LogP contribution in [0.1, 0.15) is 19.8 Å². The molecule has 0 saturated carbocycles. The fourth-order valence-corrected chi connectivity index (χ4v) is 3.92. The van der Waals surface area contributed by atoms with Gasteiger partial charge in [0.15, 0.2) is 6.10 Å². The normalized spacial score (nSPS) is 20.2. The van der Waals surface area contributed by atoms with Crippen LogP contribution in [-0.4, -0.2) is 53.0 Å². The average Bonchev–Trinajstić information content (AvgIpc) is 2.95. The molecule has 0 bridgehead atoms. The number of nitrogens with zero attached hydrogens (tertiary/aromatic N) is 3. The summed E-state index contributed by atoms with van der Waals surface area (Å²) in [5.41, 5.74) is 0. The van der Waals surface area contributed by atoms with Gasteiger partial charge in [-0.05, 0) is 25.7 Å². The molecule has 2 rings (SSSR count). The molecule has 1 aromatic rings. The van der Waals surface area contributed by atoms with E-state index in [2.05, 4.69) is 5.10 Å². The molecule has 2 heterocycles. The average molecular weight is 341 g/mol. The molecule has 0 radical (unpaired) electrons. The summed E-state index contributed by atoms with van der Waals surface area (Å²) < 4.78 is 64.8. The van der Waals surface area contributed by atoms with Crippen LogP contribution >= 0.6 is 0 Å². The second kappa shape index (κ2) is 6.17. The van der Waals surface area contributed by atoms with Gasteiger partial charge < -0.3 is 5.11 Å². The van der Waals surface area contributed by atoms with E-state index >= 15 is 0 Å². The third-order valence-corrected chi connectivity index (χ3v) is 5.70. The highest BCUT2D eigenvalue weighted by Gasteiger charge is 2.45. The van der Waals surface area contributed by atoms with Crippen molar-refractivity contribution in [2.75, 3.05) is 13.1 Å². The van der Waals surface area contributed by atoms with Crippen LogP contribution < -0.4 is 0 Å². The summed E-state index contributed by atoms with van der Waals surface area (Å²) in [5.74, 6) is -0.968. The van der Waals surface area contributed by atoms with E-state index in [4.69, 9.17) is 0 Å². The smallest absolute Gasteiger partial charge is 0.383 e. The predicted octanol–water partition coefficient (Wildman–Crippen LogP) is 1.23. The Kier molecular flexibility index (Phi) is 4.83. The van der Waals surface area contributed by atoms with Crippen molar-refractivity contribution >= 4 is 10.0 Å². The summed E-state index contributed by atoms with van der Waals surface area (Å²) in [6.45, 7) is 2.25. The summed E-state index contributed by atoms with van der Waals surface area (Å²) in [6, 6.07) is 0. The number of aliphatic hydroxyl groups is 1. The van der Waals surface area contributed by atoms with E-state index in [0.29, 0.717) is 6.54 Å². The first-order valence-electron chi connectivity index (χ1n) is 6.93. The van der Waals surface area contributed by atoms with Crippen LogP contribution in [0.5, 0.6) is 0 Å². The van der Waals surface area contributed by atoms with Crippen molar-refractivity contribution in [2.45, 2.75) is 43.5 Å². The fourth-order valence-electron chi connectivity index (χ4n) is 2.50. The van der Waals surface area contributed by atoms with Gasteiger partial charge >= 0.3 is 6.18 Å². The fraction of sp³-hybridized carbons (Fsp3) is 0.750. The molecule has 1 atom stereocenters. The molecule has 0 spiro atoms. The van der Waals surface area contributed by atoms with E-state index in [1.54, 1.807) is 0 Å². The Labute approximate surface area is 126 Å². The number of halogens is 3. The minimum absolute atomic E-state index is 0.0260. The summed E-state index contributed by atoms with van der Waals surface area (Å²) >= 11 is 0. The van der Waals surface area contributed by atoms with Crippen molar-refractivity contribution in [1.82, 2.24) is 14.1 Å². The first kappa shape index (κ1) is 17.2. The first-order valence-corrected chi connectivity index (χ1v) is 8.37. The van der Waals surface area contributed by atoms with E-state index in [0.717, 1.165) is 4.31 Å². The minimum Gasteiger partial charge on any atom is -0.383 e. The molecule has 0 aromatic carbocycles. The monoisotopic (exact) mass is 341 g/mol. The minimum atomic E-state index is -4.67. The van der Waals surface area contributed by atoms with Gasteiger partial charge in [-0.3, -0.25) is 4.68 Å². The second-order valence-electron chi connectivity index (χ2n) is 5.26. The van der Waals surface area contributed by atoms with Gasteiger partial charge in [0.05, 0.1) is 6.20 Å². The molecule has 0 unspecified atom stereocenters. The zero-order valence-corrected chi connectivity index (χ0v) is 12.8. The van der Waals surface area contributed by atoms with Crippen molar-refractivity contribution in [3.05, 3.63) is 12.4 Å². The lowest BCUT2D eigenvalue weighted by molar-refractivity contribution is -0.222. The maximum Gasteiger partial charge on any atom is 0.414 e. The quantitative estimate of drug-likeness (QED) is 0.894. The topological polar surface area (TPSA) is 75.4 Å². The van der Waals surface area contributed by atoms with Crippen LogP contribution in [0, 0.1) is 5.92 Å². The molecule has 10 heteroatoms. The SMILES string of the molecule is CCn1cc(S(=O)(=O)N2CCC([C@H](O)C(F)(F)F)CC2)cn1. The van der Waals surface area contributed by atoms with Crippen molar-refractivity contribution in [3.63, 3.8) is 0 Å². The van der Waals surface area contributed by atoms with E-state index in [-0.39, 0.29) is 30.8 Å². The van der Waals surface area contributed by atoms with Gasteiger partial charge in [0.2, 0.25) is 10.0 Å². The number of piperidine rings is 1. The molecule has 6 nitrogen and oxygen atoms in total. The highest BCUT2D eigenvalue weighted by molar-refractivity contribution is 7.89. The highest BCUT2D eigenvalue weighted by Crippen LogP contribution is 2.32. The Morgan fingerprint density at radius 1 is 1.41 bits per heavy atom. The van der Waals surface area contributed by atoms with Crippen LogP contribution in [0.15, 0.2) is 17.3 Å². The molecule has 1 aliphatic heterocycles. The number of sulfonamides is 1. The Morgan fingerprint density at radius 3 is 2.45 bits per heavy atom. The third-order valence-electron chi connectivity index (χ3n) is 3.85. The molecule has 1 aliphatic rings. The highest BCUT2D eigenvalue weighted by atomic mass is 32.2. The van der Waals surface area contributed by atoms with Crippen LogP contribution in [0.4, 0.5) is 13.2 Å². The number of aromatic nitrogens is 2. The Morgan fingerprint density at radius 2 is 2.00 bits per heavy atom. The molecule has 0 aliphatic carbocycles. The van der Waals surface area contributed by atoms with Gasteiger partial charge in [0.1, 0.15) is 4.90 Å². The lowest BCUT2D eigenvalue weighted by Gasteiger charge is -2.33. The van der Waals surface area contributed by atoms with Crippen LogP contribution in [0.25, 0.3) is 0 Å². The summed E-state index contributed by atoms with van der Waals surface area (Å²) in [7, 11) is -3.75. The zero-order valence-electron chi connectivity index (χ0n) is 12.0. The van der Waals surface area contributed by atoms with Crippen molar-refractivity contribution in [2.24, 2.45) is 5.92 Å². The maximum absolute atomic E-state index is 12.5. The van der Waals surface area contributed by atoms with Gasteiger partial charge in [-0.2, -0.15) is 22.6 Å². The molecule has 126 valence electrons. The van der Waals surface area contributed by atoms with E-state index in [9.17, 15) is 26.7 Å². The Hall–Kier alpha value is -1.13. The largest absolute Gasteiger partial charge is 0.414 e. The molecule has 1 N–H and O–H groups in total. The number of alkyl halides is 3. The van der Waals surface area contributed by atoms with Gasteiger partial charge in [-0.25, -0.2) is 8.42 Å². The van der Waals surface area contributed by atoms with Gasteiger partial charge in [0, 0.05) is 25.8 Å². The van der Waals surface area contributed by atoms with Crippen LogP contribution in [-0.2, 0) is 16.6 Å². The molecule has 0 amide bonds. The van der Waals surface area contributed by atoms with Crippen LogP contribution in [0.2, 0.25) is 0 Å². The summed E-state index contributed by atoms with van der Waals surface area (Å²) in [4.78, 5) is 0.0316. The number of aryl methyl sites for hydroxylation is 1. The number of hydrogen-bond acceptors (Lipinski definition) is 4. The Balaban J connectivity index is 2.04. The van der Waals surface area contributed by atoms with Gasteiger partial charge in [-0.1, -0.05) is 0 Å². The predicted molar refractivity (Wildman–Crippen MR) is 71.4 cm³/mol. The molecular weight excluding hydrogens is 323 g/mol. The standard InChI is InChI=1S/C12H18F3N3O3S/c1-2-17-8-10(7-16-17)22(20,21)18-5-3-9(4-6-18)11(19)12(13,14)15/h7-9,11,19H,2-6H2,1H3/t11-/m0/s1. The van der Waals surface area contributed by atoms with Gasteiger partial charge in [-0.15, -0.1) is 0 Å². The van der Waals surface area contributed by atoms with Crippen molar-refractivity contribution < 1.29 is 26.7 Å². The molecule has 22 heavy (non-hydrogen) atoms. The van der Waals surface area contributed by atoms with Crippen molar-refractivity contribution in [1.29, 1.82) is 0 Å². The van der Waals surface area contributed by atoms with E-state index < -0.39 is 28.2 Å². The van der Waals surface area contributed by atoms with E-state index in [1.165, 1.54) is 17.1 Å². The molecule has 1 saturated heterocycles. The number of aliphatic hydroxyl groups excluding tert-OH is 1. The Bertz CT molecular complexity index is 607. The first-order chi connectivity index (χ1) is 10.2. The molecule has 1 fully saturated rings. The number of hydrogen-bond donors (Lipinski definition) is 1.